The van der Waals surface area contributed by atoms with Crippen molar-refractivity contribution in [3.8, 4) is 0 Å². The summed E-state index contributed by atoms with van der Waals surface area (Å²) >= 11 is 5.96. The summed E-state index contributed by atoms with van der Waals surface area (Å²) in [6.07, 6.45) is 1.04. The van der Waals surface area contributed by atoms with Gasteiger partial charge in [0, 0.05) is 13.4 Å². The van der Waals surface area contributed by atoms with E-state index >= 15 is 0 Å². The first-order valence-corrected chi connectivity index (χ1v) is 10.0. The number of ether oxygens (including phenoxy) is 2. The molecule has 0 aromatic heterocycles. The third kappa shape index (κ3) is 6.06. The number of amides is 1. The third-order valence-corrected chi connectivity index (χ3v) is 4.91. The molecule has 7 nitrogen and oxygen atoms in total. The van der Waals surface area contributed by atoms with E-state index in [0.717, 1.165) is 11.8 Å². The first kappa shape index (κ1) is 20.9. The average Bonchev–Trinajstić information content (AvgIpc) is 2.61. The van der Waals surface area contributed by atoms with Gasteiger partial charge in [0.25, 0.3) is 5.91 Å². The Labute approximate surface area is 162 Å². The molecule has 0 saturated carbocycles. The highest BCUT2D eigenvalue weighted by Crippen LogP contribution is 2.25. The molecular weight excluding hydrogens is 394 g/mol. The quantitative estimate of drug-likeness (QED) is 0.703. The van der Waals surface area contributed by atoms with E-state index in [4.69, 9.17) is 21.1 Å². The summed E-state index contributed by atoms with van der Waals surface area (Å²) in [5, 5.41) is 2.59. The Morgan fingerprint density at radius 1 is 1.11 bits per heavy atom. The number of anilines is 1. The van der Waals surface area contributed by atoms with Crippen molar-refractivity contribution in [1.82, 2.24) is 0 Å². The largest absolute Gasteiger partial charge is 0.452 e. The van der Waals surface area contributed by atoms with Gasteiger partial charge in [-0.15, -0.1) is 0 Å². The van der Waals surface area contributed by atoms with E-state index in [2.05, 4.69) is 5.32 Å². The molecule has 0 heterocycles. The molecule has 0 aliphatic carbocycles. The van der Waals surface area contributed by atoms with Crippen molar-refractivity contribution in [1.29, 1.82) is 0 Å². The van der Waals surface area contributed by atoms with Crippen molar-refractivity contribution in [3.63, 3.8) is 0 Å². The number of carbonyl (C=O) groups is 2. The van der Waals surface area contributed by atoms with Crippen molar-refractivity contribution < 1.29 is 27.5 Å². The van der Waals surface area contributed by atoms with Crippen LogP contribution >= 0.6 is 11.6 Å². The summed E-state index contributed by atoms with van der Waals surface area (Å²) < 4.78 is 33.1. The fourth-order valence-electron chi connectivity index (χ4n) is 2.14. The second-order valence-corrected chi connectivity index (χ2v) is 8.09. The van der Waals surface area contributed by atoms with Crippen LogP contribution in [0.4, 0.5) is 5.69 Å². The predicted octanol–water partition coefficient (Wildman–Crippen LogP) is 2.69. The SMILES string of the molecule is COCc1ccc(C(=O)OCC(=O)Nc2cc(S(C)(=O)=O)ccc2Cl)cc1. The minimum atomic E-state index is -3.45. The topological polar surface area (TPSA) is 98.8 Å². The van der Waals surface area contributed by atoms with E-state index in [1.54, 1.807) is 31.4 Å². The summed E-state index contributed by atoms with van der Waals surface area (Å²) in [7, 11) is -1.88. The maximum Gasteiger partial charge on any atom is 0.338 e. The lowest BCUT2D eigenvalue weighted by Gasteiger charge is -2.10. The van der Waals surface area contributed by atoms with E-state index < -0.39 is 28.3 Å². The number of esters is 1. The van der Waals surface area contributed by atoms with Gasteiger partial charge in [-0.05, 0) is 35.9 Å². The van der Waals surface area contributed by atoms with Gasteiger partial charge in [-0.3, -0.25) is 4.79 Å². The van der Waals surface area contributed by atoms with Gasteiger partial charge in [-0.1, -0.05) is 23.7 Å². The number of carbonyl (C=O) groups excluding carboxylic acids is 2. The molecule has 2 aromatic carbocycles. The molecule has 1 amide bonds. The van der Waals surface area contributed by atoms with E-state index in [9.17, 15) is 18.0 Å². The molecule has 0 unspecified atom stereocenters. The molecule has 27 heavy (non-hydrogen) atoms. The molecule has 1 N–H and O–H groups in total. The molecule has 2 aromatic rings. The van der Waals surface area contributed by atoms with Crippen molar-refractivity contribution >= 4 is 39.0 Å². The number of halogens is 1. The lowest BCUT2D eigenvalue weighted by atomic mass is 10.1. The van der Waals surface area contributed by atoms with Gasteiger partial charge >= 0.3 is 5.97 Å². The number of benzene rings is 2. The van der Waals surface area contributed by atoms with Crippen LogP contribution in [0.15, 0.2) is 47.4 Å². The van der Waals surface area contributed by atoms with Gasteiger partial charge in [-0.2, -0.15) is 0 Å². The van der Waals surface area contributed by atoms with Crippen LogP contribution in [0.5, 0.6) is 0 Å². The van der Waals surface area contributed by atoms with E-state index in [-0.39, 0.29) is 15.6 Å². The molecule has 0 atom stereocenters. The number of sulfone groups is 1. The maximum atomic E-state index is 12.0. The van der Waals surface area contributed by atoms with Crippen LogP contribution in [-0.2, 0) is 30.7 Å². The smallest absolute Gasteiger partial charge is 0.338 e. The van der Waals surface area contributed by atoms with Crippen LogP contribution in [0.25, 0.3) is 0 Å². The Hall–Kier alpha value is -2.42. The lowest BCUT2D eigenvalue weighted by Crippen LogP contribution is -2.21. The second kappa shape index (κ2) is 8.98. The summed E-state index contributed by atoms with van der Waals surface area (Å²) in [6, 6.07) is 10.5. The maximum absolute atomic E-state index is 12.0. The van der Waals surface area contributed by atoms with Crippen LogP contribution in [-0.4, -0.2) is 40.3 Å². The molecule has 0 bridgehead atoms. The van der Waals surface area contributed by atoms with Crippen LogP contribution in [0.1, 0.15) is 15.9 Å². The monoisotopic (exact) mass is 411 g/mol. The minimum absolute atomic E-state index is 0.00958. The number of nitrogens with one attached hydrogen (secondary N) is 1. The summed E-state index contributed by atoms with van der Waals surface area (Å²) in [4.78, 5) is 24.0. The zero-order chi connectivity index (χ0) is 20.0. The summed E-state index contributed by atoms with van der Waals surface area (Å²) in [6.45, 7) is -0.122. The molecule has 2 rings (SSSR count). The highest BCUT2D eigenvalue weighted by molar-refractivity contribution is 7.90. The predicted molar refractivity (Wildman–Crippen MR) is 101 cm³/mol. The molecule has 0 spiro atoms. The van der Waals surface area contributed by atoms with Gasteiger partial charge in [0.1, 0.15) is 0 Å². The van der Waals surface area contributed by atoms with E-state index in [0.29, 0.717) is 12.2 Å². The zero-order valence-corrected chi connectivity index (χ0v) is 16.3. The minimum Gasteiger partial charge on any atom is -0.452 e. The average molecular weight is 412 g/mol. The van der Waals surface area contributed by atoms with Crippen molar-refractivity contribution in [3.05, 3.63) is 58.6 Å². The van der Waals surface area contributed by atoms with Gasteiger partial charge in [0.15, 0.2) is 16.4 Å². The fraction of sp³-hybridized carbons (Fsp3) is 0.222. The number of hydrogen-bond acceptors (Lipinski definition) is 6. The second-order valence-electron chi connectivity index (χ2n) is 5.67. The van der Waals surface area contributed by atoms with Crippen molar-refractivity contribution in [2.24, 2.45) is 0 Å². The van der Waals surface area contributed by atoms with Crippen LogP contribution in [0.3, 0.4) is 0 Å². The van der Waals surface area contributed by atoms with E-state index in [1.807, 2.05) is 0 Å². The molecule has 0 radical (unpaired) electrons. The number of rotatable bonds is 7. The van der Waals surface area contributed by atoms with Gasteiger partial charge < -0.3 is 14.8 Å². The summed E-state index contributed by atoms with van der Waals surface area (Å²) in [5.74, 6) is -1.31. The van der Waals surface area contributed by atoms with Crippen molar-refractivity contribution in [2.45, 2.75) is 11.5 Å². The Balaban J connectivity index is 1.97. The Kier molecular flexibility index (Phi) is 6.95. The van der Waals surface area contributed by atoms with Crippen LogP contribution in [0.2, 0.25) is 5.02 Å². The Morgan fingerprint density at radius 2 is 1.78 bits per heavy atom. The van der Waals surface area contributed by atoms with Gasteiger partial charge in [-0.25, -0.2) is 13.2 Å². The standard InChI is InChI=1S/C18H18ClNO6S/c1-25-10-12-3-5-13(6-4-12)18(22)26-11-17(21)20-16-9-14(27(2,23)24)7-8-15(16)19/h3-9H,10-11H2,1-2H3,(H,20,21). The van der Waals surface area contributed by atoms with Crippen LogP contribution < -0.4 is 5.32 Å². The first-order valence-electron chi connectivity index (χ1n) is 7.75. The normalized spacial score (nSPS) is 11.1. The van der Waals surface area contributed by atoms with Gasteiger partial charge in [0.2, 0.25) is 0 Å². The van der Waals surface area contributed by atoms with Crippen LogP contribution in [0, 0.1) is 0 Å². The molecule has 0 saturated heterocycles. The lowest BCUT2D eigenvalue weighted by molar-refractivity contribution is -0.119. The molecular formula is C18H18ClNO6S. The molecule has 0 fully saturated rings. The molecule has 0 aliphatic heterocycles. The first-order chi connectivity index (χ1) is 12.7. The highest BCUT2D eigenvalue weighted by atomic mass is 35.5. The number of hydrogen-bond donors (Lipinski definition) is 1. The van der Waals surface area contributed by atoms with Crippen molar-refractivity contribution in [2.75, 3.05) is 25.3 Å². The Morgan fingerprint density at radius 3 is 2.37 bits per heavy atom. The third-order valence-electron chi connectivity index (χ3n) is 3.48. The summed E-state index contributed by atoms with van der Waals surface area (Å²) in [5.41, 5.74) is 1.30. The molecule has 9 heteroatoms. The van der Waals surface area contributed by atoms with E-state index in [1.165, 1.54) is 18.2 Å². The highest BCUT2D eigenvalue weighted by Gasteiger charge is 2.14. The molecule has 144 valence electrons. The fourth-order valence-corrected chi connectivity index (χ4v) is 2.95. The molecule has 0 aliphatic rings. The Bertz CT molecular complexity index is 941. The van der Waals surface area contributed by atoms with Gasteiger partial charge in [0.05, 0.1) is 27.8 Å². The number of methoxy groups -OCH3 is 1. The zero-order valence-electron chi connectivity index (χ0n) is 14.7.